The van der Waals surface area contributed by atoms with Gasteiger partial charge in [0, 0.05) is 24.7 Å². The van der Waals surface area contributed by atoms with Crippen LogP contribution in [0.3, 0.4) is 0 Å². The summed E-state index contributed by atoms with van der Waals surface area (Å²) in [5.41, 5.74) is 1.59. The van der Waals surface area contributed by atoms with Gasteiger partial charge in [-0.1, -0.05) is 19.9 Å². The van der Waals surface area contributed by atoms with E-state index in [1.807, 2.05) is 6.92 Å². The van der Waals surface area contributed by atoms with Gasteiger partial charge in [-0.3, -0.25) is 9.59 Å². The van der Waals surface area contributed by atoms with E-state index in [0.717, 1.165) is 12.0 Å². The largest absolute Gasteiger partial charge is 0.427 e. The van der Waals surface area contributed by atoms with Crippen LogP contribution in [0.2, 0.25) is 0 Å². The zero-order valence-electron chi connectivity index (χ0n) is 16.4. The minimum Gasteiger partial charge on any atom is -0.427 e. The lowest BCUT2D eigenvalue weighted by atomic mass is 10.0. The van der Waals surface area contributed by atoms with Crippen LogP contribution in [0, 0.1) is 19.8 Å². The zero-order chi connectivity index (χ0) is 20.1. The molecule has 0 fully saturated rings. The molecule has 144 valence electrons. The van der Waals surface area contributed by atoms with Gasteiger partial charge in [-0.2, -0.15) is 0 Å². The second kappa shape index (κ2) is 8.66. The highest BCUT2D eigenvalue weighted by Gasteiger charge is 2.18. The predicted octanol–water partition coefficient (Wildman–Crippen LogP) is 3.46. The molecule has 0 saturated carbocycles. The van der Waals surface area contributed by atoms with E-state index in [-0.39, 0.29) is 11.5 Å². The molecule has 2 rings (SSSR count). The van der Waals surface area contributed by atoms with Crippen LogP contribution in [0.15, 0.2) is 33.5 Å². The Morgan fingerprint density at radius 3 is 2.37 bits per heavy atom. The Balaban J connectivity index is 2.28. The van der Waals surface area contributed by atoms with Crippen molar-refractivity contribution in [3.05, 3.63) is 62.7 Å². The summed E-state index contributed by atoms with van der Waals surface area (Å²) < 4.78 is 5.33. The molecule has 0 bridgehead atoms. The van der Waals surface area contributed by atoms with Gasteiger partial charge in [0.25, 0.3) is 11.8 Å². The second-order valence-electron chi connectivity index (χ2n) is 7.05. The highest BCUT2D eigenvalue weighted by atomic mass is 16.4. The van der Waals surface area contributed by atoms with Crippen molar-refractivity contribution in [2.45, 2.75) is 40.5 Å². The molecular formula is C21H26N2O4. The fraction of sp³-hybridized carbons (Fsp3) is 0.381. The minimum atomic E-state index is -0.647. The summed E-state index contributed by atoms with van der Waals surface area (Å²) in [6.45, 7) is 7.73. The lowest BCUT2D eigenvalue weighted by molar-refractivity contribution is 0.0961. The van der Waals surface area contributed by atoms with E-state index < -0.39 is 11.5 Å². The van der Waals surface area contributed by atoms with Crippen molar-refractivity contribution >= 4 is 17.5 Å². The van der Waals surface area contributed by atoms with Crippen molar-refractivity contribution in [2.75, 3.05) is 12.4 Å². The number of carbonyl (C=O) groups excluding carboxylic acids is 2. The average Bonchev–Trinajstić information content (AvgIpc) is 2.60. The fourth-order valence-corrected chi connectivity index (χ4v) is 2.73. The van der Waals surface area contributed by atoms with Crippen LogP contribution in [-0.4, -0.2) is 18.9 Å². The SMILES string of the molecule is CNC(=O)c1ccc(C)c(NC(=O)c2c(C)cc(CCC(C)C)oc2=O)c1. The fourth-order valence-electron chi connectivity index (χ4n) is 2.73. The van der Waals surface area contributed by atoms with Crippen LogP contribution >= 0.6 is 0 Å². The number of amides is 2. The van der Waals surface area contributed by atoms with Crippen molar-refractivity contribution in [1.82, 2.24) is 5.32 Å². The van der Waals surface area contributed by atoms with Gasteiger partial charge in [-0.15, -0.1) is 0 Å². The standard InChI is InChI=1S/C21H26N2O4/c1-12(2)6-9-16-10-14(4)18(21(26)27-16)20(25)23-17-11-15(19(24)22-5)8-7-13(17)3/h7-8,10-12H,6,9H2,1-5H3,(H,22,24)(H,23,25). The van der Waals surface area contributed by atoms with Gasteiger partial charge in [0.05, 0.1) is 0 Å². The summed E-state index contributed by atoms with van der Waals surface area (Å²) in [6, 6.07) is 6.74. The summed E-state index contributed by atoms with van der Waals surface area (Å²) >= 11 is 0. The Morgan fingerprint density at radius 2 is 1.78 bits per heavy atom. The highest BCUT2D eigenvalue weighted by molar-refractivity contribution is 6.06. The zero-order valence-corrected chi connectivity index (χ0v) is 16.4. The van der Waals surface area contributed by atoms with Crippen LogP contribution in [-0.2, 0) is 6.42 Å². The summed E-state index contributed by atoms with van der Waals surface area (Å²) in [4.78, 5) is 36.8. The molecule has 1 aromatic heterocycles. The Kier molecular flexibility index (Phi) is 6.55. The molecule has 6 nitrogen and oxygen atoms in total. The van der Waals surface area contributed by atoms with Crippen LogP contribution in [0.5, 0.6) is 0 Å². The molecule has 2 amide bonds. The van der Waals surface area contributed by atoms with Gasteiger partial charge in [-0.05, 0) is 55.5 Å². The molecule has 2 aromatic rings. The van der Waals surface area contributed by atoms with Gasteiger partial charge in [0.2, 0.25) is 0 Å². The number of rotatable bonds is 6. The number of carbonyl (C=O) groups is 2. The molecule has 1 aromatic carbocycles. The molecule has 0 saturated heterocycles. The molecule has 0 unspecified atom stereocenters. The lowest BCUT2D eigenvalue weighted by Crippen LogP contribution is -2.24. The molecule has 2 N–H and O–H groups in total. The first-order valence-corrected chi connectivity index (χ1v) is 9.00. The van der Waals surface area contributed by atoms with Crippen molar-refractivity contribution in [3.63, 3.8) is 0 Å². The maximum absolute atomic E-state index is 12.7. The summed E-state index contributed by atoms with van der Waals surface area (Å²) in [7, 11) is 1.54. The Hall–Kier alpha value is -2.89. The lowest BCUT2D eigenvalue weighted by Gasteiger charge is -2.12. The average molecular weight is 370 g/mol. The van der Waals surface area contributed by atoms with Crippen LogP contribution in [0.4, 0.5) is 5.69 Å². The number of aryl methyl sites for hydroxylation is 3. The number of hydrogen-bond donors (Lipinski definition) is 2. The van der Waals surface area contributed by atoms with Crippen molar-refractivity contribution in [1.29, 1.82) is 0 Å². The van der Waals surface area contributed by atoms with E-state index in [4.69, 9.17) is 4.42 Å². The third-order valence-corrected chi connectivity index (χ3v) is 4.37. The Morgan fingerprint density at radius 1 is 1.07 bits per heavy atom. The van der Waals surface area contributed by atoms with Crippen LogP contribution < -0.4 is 16.3 Å². The minimum absolute atomic E-state index is 0.0203. The first-order valence-electron chi connectivity index (χ1n) is 9.00. The van der Waals surface area contributed by atoms with Gasteiger partial charge in [0.15, 0.2) is 0 Å². The molecule has 1 heterocycles. The van der Waals surface area contributed by atoms with E-state index in [2.05, 4.69) is 24.5 Å². The van der Waals surface area contributed by atoms with Gasteiger partial charge >= 0.3 is 5.63 Å². The molecule has 0 aliphatic carbocycles. The molecular weight excluding hydrogens is 344 g/mol. The van der Waals surface area contributed by atoms with Gasteiger partial charge < -0.3 is 15.1 Å². The molecule has 0 aliphatic rings. The predicted molar refractivity (Wildman–Crippen MR) is 105 cm³/mol. The maximum Gasteiger partial charge on any atom is 0.349 e. The van der Waals surface area contributed by atoms with Gasteiger partial charge in [-0.25, -0.2) is 4.79 Å². The smallest absolute Gasteiger partial charge is 0.349 e. The van der Waals surface area contributed by atoms with Crippen LogP contribution in [0.1, 0.15) is 57.9 Å². The second-order valence-corrected chi connectivity index (χ2v) is 7.05. The molecule has 0 radical (unpaired) electrons. The topological polar surface area (TPSA) is 88.4 Å². The Bertz CT molecular complexity index is 913. The van der Waals surface area contributed by atoms with E-state index in [1.165, 1.54) is 7.05 Å². The summed E-state index contributed by atoms with van der Waals surface area (Å²) in [5, 5.41) is 5.26. The molecule has 6 heteroatoms. The third kappa shape index (κ3) is 5.06. The van der Waals surface area contributed by atoms with E-state index in [0.29, 0.717) is 34.9 Å². The normalized spacial score (nSPS) is 10.7. The monoisotopic (exact) mass is 370 g/mol. The van der Waals surface area contributed by atoms with Crippen LogP contribution in [0.25, 0.3) is 0 Å². The maximum atomic E-state index is 12.7. The van der Waals surface area contributed by atoms with E-state index in [9.17, 15) is 14.4 Å². The van der Waals surface area contributed by atoms with Crippen molar-refractivity contribution in [2.24, 2.45) is 5.92 Å². The van der Waals surface area contributed by atoms with Crippen molar-refractivity contribution in [3.8, 4) is 0 Å². The summed E-state index contributed by atoms with van der Waals surface area (Å²) in [5.74, 6) is 0.277. The molecule has 0 aliphatic heterocycles. The van der Waals surface area contributed by atoms with Crippen molar-refractivity contribution < 1.29 is 14.0 Å². The van der Waals surface area contributed by atoms with E-state index >= 15 is 0 Å². The Labute approximate surface area is 159 Å². The quantitative estimate of drug-likeness (QED) is 0.815. The molecule has 0 spiro atoms. The highest BCUT2D eigenvalue weighted by Crippen LogP contribution is 2.19. The van der Waals surface area contributed by atoms with Gasteiger partial charge in [0.1, 0.15) is 11.3 Å². The first-order chi connectivity index (χ1) is 12.7. The molecule has 27 heavy (non-hydrogen) atoms. The molecule has 0 atom stereocenters. The first kappa shape index (κ1) is 20.4. The number of hydrogen-bond acceptors (Lipinski definition) is 4. The number of nitrogens with one attached hydrogen (secondary N) is 2. The number of anilines is 1. The third-order valence-electron chi connectivity index (χ3n) is 4.37. The van der Waals surface area contributed by atoms with E-state index in [1.54, 1.807) is 31.2 Å². The summed E-state index contributed by atoms with van der Waals surface area (Å²) in [6.07, 6.45) is 1.56. The number of benzene rings is 1.